The Morgan fingerprint density at radius 3 is 2.15 bits per heavy atom. The van der Waals surface area contributed by atoms with Crippen LogP contribution in [0.25, 0.3) is 72.3 Å². The number of anilines is 2. The topological polar surface area (TPSA) is 16.4 Å². The van der Waals surface area contributed by atoms with Gasteiger partial charge in [-0.05, 0) is 182 Å². The van der Waals surface area contributed by atoms with Gasteiger partial charge in [0.05, 0.1) is 0 Å². The van der Waals surface area contributed by atoms with Gasteiger partial charge in [0.1, 0.15) is 11.0 Å². The first kappa shape index (κ1) is 41.2. The Hall–Kier alpha value is -7.42. The fourth-order valence-corrected chi connectivity index (χ4v) is 16.7. The predicted octanol–water partition coefficient (Wildman–Crippen LogP) is 16.4. The number of fused-ring (bicyclic) bond motifs is 12. The summed E-state index contributed by atoms with van der Waals surface area (Å²) in [5, 5.41) is 4.96. The molecule has 0 aliphatic heterocycles. The van der Waals surface area contributed by atoms with Crippen molar-refractivity contribution >= 4 is 50.3 Å². The zero-order valence-corrected chi connectivity index (χ0v) is 41.1. The molecule has 2 heteroatoms. The Bertz CT molecular complexity index is 3960. The monoisotopic (exact) mass is 927 g/mol. The van der Waals surface area contributed by atoms with Gasteiger partial charge in [-0.25, -0.2) is 0 Å². The molecule has 348 valence electrons. The van der Waals surface area contributed by atoms with E-state index in [4.69, 9.17) is 4.42 Å². The molecule has 8 aromatic carbocycles. The van der Waals surface area contributed by atoms with E-state index in [1.165, 1.54) is 108 Å². The Labute approximate surface area is 422 Å². The van der Waals surface area contributed by atoms with Crippen LogP contribution in [0.3, 0.4) is 0 Å². The minimum atomic E-state index is 0.180. The highest BCUT2D eigenvalue weighted by atomic mass is 16.3. The Morgan fingerprint density at radius 1 is 0.542 bits per heavy atom. The third-order valence-electron chi connectivity index (χ3n) is 19.4. The van der Waals surface area contributed by atoms with Gasteiger partial charge in [0.2, 0.25) is 0 Å². The summed E-state index contributed by atoms with van der Waals surface area (Å²) in [6.07, 6.45) is 15.2. The summed E-state index contributed by atoms with van der Waals surface area (Å²) in [4.78, 5) is 2.56. The maximum absolute atomic E-state index is 6.75. The third kappa shape index (κ3) is 5.51. The van der Waals surface area contributed by atoms with E-state index >= 15 is 0 Å². The lowest BCUT2D eigenvalue weighted by Crippen LogP contribution is -2.73. The zero-order chi connectivity index (χ0) is 47.5. The standard InChI is InChI=1S/C70H57NO/c1-42-25-31-56(58-22-12-16-47-15-11-21-53(67(47)58)46-13-4-3-5-14-46)63(35-42)71(52-18-10-17-49(38-52)59-33-43(2)34-60-57-20-7-9-24-64(57)72-68(59)60)51-29-26-45(27-30-51)48-28-32-55-54-19-6-8-23-61(54)70(62(55)39-48)65-37-44-36-50-40-66(70)69(50,65)41-44/h3-24,26-32,34-35,38-39,42-44,50,65-66H,25,33,36-37,40-41H2,1-2H3. The van der Waals surface area contributed by atoms with Crippen molar-refractivity contribution in [2.45, 2.75) is 57.8 Å². The van der Waals surface area contributed by atoms with Gasteiger partial charge in [0.15, 0.2) is 0 Å². The summed E-state index contributed by atoms with van der Waals surface area (Å²) < 4.78 is 6.75. The smallest absolute Gasteiger partial charge is 0.138 e. The number of nitrogens with zero attached hydrogens (tertiary/aromatic N) is 1. The van der Waals surface area contributed by atoms with Crippen molar-refractivity contribution in [2.75, 3.05) is 4.90 Å². The summed E-state index contributed by atoms with van der Waals surface area (Å²) >= 11 is 0. The van der Waals surface area contributed by atoms with Crippen LogP contribution < -0.4 is 15.5 Å². The quantitative estimate of drug-likeness (QED) is 0.158. The molecular weight excluding hydrogens is 871 g/mol. The fraction of sp³-hybridized carbons (Fsp3) is 0.229. The van der Waals surface area contributed by atoms with Crippen LogP contribution in [0.15, 0.2) is 204 Å². The molecule has 2 nitrogen and oxygen atoms in total. The number of rotatable bonds is 7. The SMILES string of the molecule is CC1C=C(N(c2ccc(-c3ccc4c(c3)C3(c5ccccc5-4)C4CC5CC6CC3C64C5)cc2)c2cccc(C3=c4oc5ccccc5c4=CC(C)C3)c2)C(c2cccc3cccc(-c4ccccc4)c23)=CC1. The lowest BCUT2D eigenvalue weighted by atomic mass is 9.27. The van der Waals surface area contributed by atoms with Crippen LogP contribution in [-0.2, 0) is 5.41 Å². The summed E-state index contributed by atoms with van der Waals surface area (Å²) in [6, 6.07) is 69.0. The van der Waals surface area contributed by atoms with Crippen molar-refractivity contribution in [1.29, 1.82) is 0 Å². The van der Waals surface area contributed by atoms with Gasteiger partial charge < -0.3 is 9.32 Å². The molecule has 7 aliphatic rings. The molecule has 0 amide bonds. The average Bonchev–Trinajstić information content (AvgIpc) is 4.20. The largest absolute Gasteiger partial charge is 0.456 e. The van der Waals surface area contributed by atoms with Crippen LogP contribution in [0.1, 0.15) is 74.6 Å². The van der Waals surface area contributed by atoms with Gasteiger partial charge in [-0.2, -0.15) is 0 Å². The van der Waals surface area contributed by atoms with Gasteiger partial charge in [-0.1, -0.05) is 178 Å². The lowest BCUT2D eigenvalue weighted by Gasteiger charge is -2.76. The van der Waals surface area contributed by atoms with Crippen molar-refractivity contribution in [3.63, 3.8) is 0 Å². The Kier molecular flexibility index (Phi) is 8.62. The maximum Gasteiger partial charge on any atom is 0.138 e. The number of hydrogen-bond donors (Lipinski definition) is 0. The fourth-order valence-electron chi connectivity index (χ4n) is 16.7. The summed E-state index contributed by atoms with van der Waals surface area (Å²) in [6.45, 7) is 4.70. The molecule has 0 N–H and O–H groups in total. The number of benzene rings is 8. The van der Waals surface area contributed by atoms with Crippen LogP contribution >= 0.6 is 0 Å². The summed E-state index contributed by atoms with van der Waals surface area (Å²) in [5.41, 5.74) is 22.6. The Morgan fingerprint density at radius 2 is 1.28 bits per heavy atom. The van der Waals surface area contributed by atoms with E-state index in [-0.39, 0.29) is 5.41 Å². The number of furan rings is 1. The van der Waals surface area contributed by atoms with Gasteiger partial charge >= 0.3 is 0 Å². The predicted molar refractivity (Wildman–Crippen MR) is 297 cm³/mol. The zero-order valence-electron chi connectivity index (χ0n) is 41.1. The van der Waals surface area contributed by atoms with E-state index in [1.807, 2.05) is 0 Å². The molecule has 8 unspecified atom stereocenters. The lowest BCUT2D eigenvalue weighted by molar-refractivity contribution is -0.231. The van der Waals surface area contributed by atoms with Crippen LogP contribution in [0.5, 0.6) is 0 Å². The van der Waals surface area contributed by atoms with Crippen molar-refractivity contribution in [3.05, 3.63) is 233 Å². The summed E-state index contributed by atoms with van der Waals surface area (Å²) in [5.74, 6) is 4.24. The molecule has 9 aromatic rings. The number of para-hydroxylation sites is 1. The normalized spacial score (nSPS) is 26.8. The van der Waals surface area contributed by atoms with Crippen LogP contribution in [0, 0.1) is 40.9 Å². The first-order valence-corrected chi connectivity index (χ1v) is 26.9. The maximum atomic E-state index is 6.75. The van der Waals surface area contributed by atoms with E-state index < -0.39 is 0 Å². The minimum absolute atomic E-state index is 0.180. The molecule has 2 bridgehead atoms. The van der Waals surface area contributed by atoms with Crippen molar-refractivity contribution < 1.29 is 4.42 Å². The van der Waals surface area contributed by atoms with Crippen LogP contribution in [-0.4, -0.2) is 0 Å². The molecule has 16 rings (SSSR count). The molecule has 1 aromatic heterocycles. The first-order valence-electron chi connectivity index (χ1n) is 26.9. The third-order valence-corrected chi connectivity index (χ3v) is 19.4. The van der Waals surface area contributed by atoms with Crippen LogP contribution in [0.2, 0.25) is 0 Å². The molecule has 0 saturated heterocycles. The van der Waals surface area contributed by atoms with Crippen molar-refractivity contribution in [3.8, 4) is 33.4 Å². The number of hydrogen-bond acceptors (Lipinski definition) is 2. The molecule has 72 heavy (non-hydrogen) atoms. The average molecular weight is 928 g/mol. The van der Waals surface area contributed by atoms with Crippen LogP contribution in [0.4, 0.5) is 11.4 Å². The minimum Gasteiger partial charge on any atom is -0.456 e. The second-order valence-electron chi connectivity index (χ2n) is 22.9. The molecule has 4 saturated carbocycles. The first-order chi connectivity index (χ1) is 35.5. The molecule has 1 heterocycles. The highest BCUT2D eigenvalue weighted by Crippen LogP contribution is 2.89. The van der Waals surface area contributed by atoms with E-state index in [0.29, 0.717) is 17.3 Å². The molecular formula is C70H57NO. The highest BCUT2D eigenvalue weighted by molar-refractivity contribution is 6.07. The van der Waals surface area contributed by atoms with Gasteiger partial charge in [-0.3, -0.25) is 0 Å². The molecule has 2 spiro atoms. The Balaban J connectivity index is 0.853. The van der Waals surface area contributed by atoms with E-state index in [1.54, 1.807) is 11.1 Å². The van der Waals surface area contributed by atoms with E-state index in [2.05, 4.69) is 219 Å². The second-order valence-corrected chi connectivity index (χ2v) is 22.9. The van der Waals surface area contributed by atoms with Crippen molar-refractivity contribution in [2.24, 2.45) is 40.9 Å². The van der Waals surface area contributed by atoms with Crippen molar-refractivity contribution in [1.82, 2.24) is 0 Å². The second kappa shape index (κ2) is 15.1. The van der Waals surface area contributed by atoms with Gasteiger partial charge in [0, 0.05) is 44.2 Å². The molecule has 0 radical (unpaired) electrons. The molecule has 7 aliphatic carbocycles. The molecule has 8 atom stereocenters. The van der Waals surface area contributed by atoms with Gasteiger partial charge in [0.25, 0.3) is 0 Å². The highest BCUT2D eigenvalue weighted by Gasteiger charge is 2.84. The van der Waals surface area contributed by atoms with E-state index in [0.717, 1.165) is 58.9 Å². The molecule has 4 fully saturated rings. The van der Waals surface area contributed by atoms with E-state index in [9.17, 15) is 0 Å². The number of allylic oxidation sites excluding steroid dienone is 3. The summed E-state index contributed by atoms with van der Waals surface area (Å²) in [7, 11) is 0. The van der Waals surface area contributed by atoms with Gasteiger partial charge in [-0.15, -0.1) is 0 Å².